The quantitative estimate of drug-likeness (QED) is 0.0253. The van der Waals surface area contributed by atoms with Gasteiger partial charge in [-0.05, 0) is 297 Å². The molecule has 8 aromatic heterocycles. The smallest absolute Gasteiger partial charge is 0.280 e. The maximum Gasteiger partial charge on any atom is 0.280 e. The van der Waals surface area contributed by atoms with Gasteiger partial charge in [0.2, 0.25) is 0 Å². The van der Waals surface area contributed by atoms with Gasteiger partial charge >= 0.3 is 0 Å². The second-order valence-corrected chi connectivity index (χ2v) is 45.3. The topological polar surface area (TPSA) is 430 Å². The van der Waals surface area contributed by atoms with E-state index in [0.29, 0.717) is 80.1 Å². The van der Waals surface area contributed by atoms with Gasteiger partial charge in [0, 0.05) is 131 Å². The van der Waals surface area contributed by atoms with E-state index in [1.807, 2.05) is 71.6 Å². The number of hydrogen-bond acceptors (Lipinski definition) is 28. The molecule has 0 spiro atoms. The predicted octanol–water partition coefficient (Wildman–Crippen LogP) is 15.2. The SMILES string of the molecule is CC[C@@H](C)Nc1cc(C)c(-c2sc(C(=O)N[C@@H]3CC[C@H]3O)nc2C(=O)N2C3CCC2CC3)cn1.CC[C@@H](C)Nc1cc(C)c(-c2sc(C(=O)N[C@H]3CC[C@@H]3O)nc2C(=O)N2C3CCC2CC3)cn1.Cc1cc(NC(C)(C)C)ncc1-c1sc(C(=O)N[C@@H]2CC[C@@H](O)C2)nc1C(=O)N1C2CCC1CC2.Cc1cc(NC(C)(C)C)ncc1-c1sc(C(=O)N[C@H](C)CO)nc1C(=O)N1C2CCC1CC2. The summed E-state index contributed by atoms with van der Waals surface area (Å²) in [4.78, 5) is 154. The zero-order valence-electron chi connectivity index (χ0n) is 80.9. The molecule has 36 heteroatoms. The molecule has 19 rings (SSSR count). The van der Waals surface area contributed by atoms with E-state index in [0.717, 1.165) is 203 Å². The van der Waals surface area contributed by atoms with Crippen molar-refractivity contribution in [1.82, 2.24) is 80.7 Å². The summed E-state index contributed by atoms with van der Waals surface area (Å²) >= 11 is 4.93. The van der Waals surface area contributed by atoms with Crippen molar-refractivity contribution in [2.75, 3.05) is 27.9 Å². The van der Waals surface area contributed by atoms with Crippen molar-refractivity contribution in [2.24, 2.45) is 0 Å². The summed E-state index contributed by atoms with van der Waals surface area (Å²) in [5.41, 5.74) is 8.26. The van der Waals surface area contributed by atoms with Crippen LogP contribution in [0, 0.1) is 27.7 Å². The lowest BCUT2D eigenvalue weighted by atomic mass is 9.89. The van der Waals surface area contributed by atoms with E-state index in [4.69, 9.17) is 0 Å². The number of carbonyl (C=O) groups is 8. The third-order valence-corrected chi connectivity index (χ3v) is 33.1. The molecular weight excluding hydrogens is 1800 g/mol. The van der Waals surface area contributed by atoms with Gasteiger partial charge in [-0.1, -0.05) is 13.8 Å². The van der Waals surface area contributed by atoms with Crippen molar-refractivity contribution < 1.29 is 58.8 Å². The van der Waals surface area contributed by atoms with Gasteiger partial charge in [0.1, 0.15) is 46.0 Å². The van der Waals surface area contributed by atoms with E-state index in [-0.39, 0.29) is 158 Å². The lowest BCUT2D eigenvalue weighted by Crippen LogP contribution is -2.50. The zero-order chi connectivity index (χ0) is 96.8. The van der Waals surface area contributed by atoms with E-state index in [1.54, 1.807) is 31.7 Å². The Morgan fingerprint density at radius 1 is 0.375 bits per heavy atom. The van der Waals surface area contributed by atoms with Crippen LogP contribution in [0.4, 0.5) is 23.3 Å². The first-order chi connectivity index (χ1) is 64.9. The first kappa shape index (κ1) is 98.9. The molecule has 8 aromatic rings. The Hall–Kier alpha value is -10.1. The molecule has 8 amide bonds. The van der Waals surface area contributed by atoms with Gasteiger partial charge in [0.05, 0.1) is 56.5 Å². The minimum atomic E-state index is -0.512. The van der Waals surface area contributed by atoms with Crippen LogP contribution in [-0.4, -0.2) is 248 Å². The largest absolute Gasteiger partial charge is 0.394 e. The Morgan fingerprint density at radius 2 is 0.647 bits per heavy atom. The van der Waals surface area contributed by atoms with Crippen molar-refractivity contribution in [3.63, 3.8) is 0 Å². The second kappa shape index (κ2) is 41.5. The van der Waals surface area contributed by atoms with Crippen molar-refractivity contribution in [3.05, 3.63) is 114 Å². The second-order valence-electron chi connectivity index (χ2n) is 41.3. The van der Waals surface area contributed by atoms with Crippen LogP contribution >= 0.6 is 45.3 Å². The molecule has 32 nitrogen and oxygen atoms in total. The summed E-state index contributed by atoms with van der Waals surface area (Å²) < 4.78 is 0. The number of anilines is 4. The number of rotatable bonds is 25. The highest BCUT2D eigenvalue weighted by Crippen LogP contribution is 2.48. The molecule has 0 unspecified atom stereocenters. The molecular formula is C100H134N20O12S4. The first-order valence-electron chi connectivity index (χ1n) is 49.1. The molecule has 11 fully saturated rings. The minimum Gasteiger partial charge on any atom is -0.394 e. The molecule has 3 aliphatic carbocycles. The van der Waals surface area contributed by atoms with Gasteiger partial charge in [0.15, 0.2) is 20.0 Å². The molecule has 0 radical (unpaired) electrons. The van der Waals surface area contributed by atoms with Crippen LogP contribution in [0.5, 0.6) is 0 Å². The fraction of sp³-hybridized carbons (Fsp3) is 0.600. The summed E-state index contributed by atoms with van der Waals surface area (Å²) in [5.74, 6) is 1.44. The molecule has 16 heterocycles. The molecule has 0 aromatic carbocycles. The molecule has 3 saturated carbocycles. The number of hydrogen-bond donors (Lipinski definition) is 12. The standard InChI is InChI=1S/C26H35N5O3S.2C25H33N5O3S.C24H33N5O3S/c1-14-11-20(30-26(2,3)4)27-13-19(14)22-21(25(34)31-16-6-7-17(31)9-8-16)29-24(35-22)23(33)28-15-5-10-18(32)12-15;2*1-4-14(3)27-20-11-13(2)17(12-26-20)22-21(25(33)30-15-5-6-16(30)8-7-15)29-24(34-22)23(32)28-18-9-10-19(18)31;1-13-10-18(28-24(3,4)5)25-11-17(13)20-19(23(32)29-15-6-7-16(29)9-8-15)27-22(33-20)21(31)26-14(2)12-30/h11,13,15-18,32H,5-10,12H2,1-4H3,(H,27,30)(H,28,33);2*11-12,14-16,18-19,31H,4-10H2,1-3H3,(H,26,27)(H,28,32);10-11,14-16,30H,6-9,12H2,1-5H3,(H,25,28)(H,26,31)/t15-,16?,17?,18-;14-,15?,16?,18+,19+;14-,15?,16?,18-,19-;14-,15?,16?/m1111/s1. The number of fused-ring (bicyclic) bond motifs is 8. The summed E-state index contributed by atoms with van der Waals surface area (Å²) in [6.45, 7) is 30.4. The number of pyridine rings is 4. The zero-order valence-corrected chi connectivity index (χ0v) is 84.1. The van der Waals surface area contributed by atoms with Crippen molar-refractivity contribution in [2.45, 2.75) is 378 Å². The number of nitrogens with one attached hydrogen (secondary N) is 8. The predicted molar refractivity (Wildman–Crippen MR) is 531 cm³/mol. The van der Waals surface area contributed by atoms with E-state index in [9.17, 15) is 58.8 Å². The summed E-state index contributed by atoms with van der Waals surface area (Å²) in [7, 11) is 0. The number of amides is 8. The van der Waals surface area contributed by atoms with Gasteiger partial charge in [-0.15, -0.1) is 45.3 Å². The molecule has 9 atom stereocenters. The van der Waals surface area contributed by atoms with Crippen molar-refractivity contribution in [3.8, 4) is 41.8 Å². The van der Waals surface area contributed by atoms with Gasteiger partial charge in [-0.25, -0.2) is 39.9 Å². The fourth-order valence-electron chi connectivity index (χ4n) is 20.8. The Bertz CT molecular complexity index is 5530. The van der Waals surface area contributed by atoms with Gasteiger partial charge in [-0.2, -0.15) is 0 Å². The average Bonchev–Trinajstić information content (AvgIpc) is 1.61. The Balaban J connectivity index is 0.000000132. The summed E-state index contributed by atoms with van der Waals surface area (Å²) in [5, 5.41) is 64.9. The van der Waals surface area contributed by atoms with Crippen LogP contribution in [0.3, 0.4) is 0 Å². The average molecular weight is 1940 g/mol. The fourth-order valence-corrected chi connectivity index (χ4v) is 25.0. The number of carbonyl (C=O) groups excluding carboxylic acids is 8. The third kappa shape index (κ3) is 21.8. The number of nitrogens with zero attached hydrogens (tertiary/aromatic N) is 12. The lowest BCUT2D eigenvalue weighted by Gasteiger charge is -2.32. The van der Waals surface area contributed by atoms with Gasteiger partial charge in [-0.3, -0.25) is 38.4 Å². The highest BCUT2D eigenvalue weighted by Gasteiger charge is 2.49. The molecule has 730 valence electrons. The van der Waals surface area contributed by atoms with Gasteiger partial charge < -0.3 is 82.6 Å². The Kier molecular flexibility index (Phi) is 30.2. The maximum atomic E-state index is 13.8. The van der Waals surface area contributed by atoms with E-state index >= 15 is 0 Å². The van der Waals surface area contributed by atoms with Gasteiger partial charge in [0.25, 0.3) is 47.3 Å². The molecule has 8 saturated heterocycles. The highest BCUT2D eigenvalue weighted by molar-refractivity contribution is 7.18. The van der Waals surface area contributed by atoms with E-state index in [2.05, 4.69) is 152 Å². The number of aryl methyl sites for hydroxylation is 4. The van der Waals surface area contributed by atoms with Crippen LogP contribution in [0.15, 0.2) is 49.1 Å². The van der Waals surface area contributed by atoms with Crippen molar-refractivity contribution >= 4 is 116 Å². The molecule has 8 bridgehead atoms. The molecule has 12 N–H and O–H groups in total. The van der Waals surface area contributed by atoms with Crippen LogP contribution in [0.2, 0.25) is 0 Å². The van der Waals surface area contributed by atoms with Crippen LogP contribution in [-0.2, 0) is 0 Å². The molecule has 136 heavy (non-hydrogen) atoms. The van der Waals surface area contributed by atoms with Crippen LogP contribution in [0.1, 0.15) is 340 Å². The van der Waals surface area contributed by atoms with E-state index in [1.165, 1.54) is 45.3 Å². The monoisotopic (exact) mass is 1930 g/mol. The first-order valence-corrected chi connectivity index (χ1v) is 52.3. The normalized spacial score (nSPS) is 24.8. The summed E-state index contributed by atoms with van der Waals surface area (Å²) in [6.07, 6.45) is 29.2. The highest BCUT2D eigenvalue weighted by atomic mass is 32.1. The lowest BCUT2D eigenvalue weighted by molar-refractivity contribution is 0.0447. The number of aliphatic hydroxyl groups is 4. The Labute approximate surface area is 812 Å². The summed E-state index contributed by atoms with van der Waals surface area (Å²) in [6, 6.07) is 9.74. The van der Waals surface area contributed by atoms with E-state index < -0.39 is 18.2 Å². The molecule has 11 aliphatic rings. The number of aliphatic hydroxyl groups excluding tert-OH is 4. The van der Waals surface area contributed by atoms with Crippen LogP contribution < -0.4 is 42.5 Å². The Morgan fingerprint density at radius 3 is 0.882 bits per heavy atom. The minimum absolute atomic E-state index is 0.0652. The molecule has 8 aliphatic heterocycles. The number of thiazole rings is 4. The van der Waals surface area contributed by atoms with Crippen LogP contribution in [0.25, 0.3) is 41.8 Å². The third-order valence-electron chi connectivity index (χ3n) is 28.8. The number of aromatic nitrogens is 8. The maximum absolute atomic E-state index is 13.8. The van der Waals surface area contributed by atoms with Crippen molar-refractivity contribution in [1.29, 1.82) is 0 Å².